The molecule has 1 radical (unpaired) electrons. The van der Waals surface area contributed by atoms with Crippen molar-refractivity contribution in [3.8, 4) is 0 Å². The van der Waals surface area contributed by atoms with Gasteiger partial charge in [0, 0.05) is 19.2 Å². The molecule has 227 valence electrons. The lowest BCUT2D eigenvalue weighted by molar-refractivity contribution is -0.0269. The SMILES string of the molecule is COCCOCCOCCOC1CCC(c2nccc(CO[Si](c3ccccc3)c3ccc(C(C)(C)C)cc3)n2)CC1. The van der Waals surface area contributed by atoms with Crippen LogP contribution >= 0.6 is 0 Å². The van der Waals surface area contributed by atoms with Gasteiger partial charge in [-0.1, -0.05) is 75.4 Å². The van der Waals surface area contributed by atoms with Crippen LogP contribution in [0.3, 0.4) is 0 Å². The molecule has 0 atom stereocenters. The van der Waals surface area contributed by atoms with Gasteiger partial charge >= 0.3 is 0 Å². The van der Waals surface area contributed by atoms with E-state index in [9.17, 15) is 0 Å². The molecule has 4 rings (SSSR count). The van der Waals surface area contributed by atoms with Gasteiger partial charge in [-0.05, 0) is 53.1 Å². The molecule has 0 bridgehead atoms. The Morgan fingerprint density at radius 1 is 0.762 bits per heavy atom. The third-order valence-corrected chi connectivity index (χ3v) is 9.72. The smallest absolute Gasteiger partial charge is 0.283 e. The highest BCUT2D eigenvalue weighted by molar-refractivity contribution is 6.80. The summed E-state index contributed by atoms with van der Waals surface area (Å²) in [4.78, 5) is 9.60. The molecule has 0 amide bonds. The van der Waals surface area contributed by atoms with E-state index < -0.39 is 9.04 Å². The normalized spacial score (nSPS) is 17.5. The lowest BCUT2D eigenvalue weighted by atomic mass is 9.87. The monoisotopic (exact) mass is 591 g/mol. The molecular weight excluding hydrogens is 544 g/mol. The van der Waals surface area contributed by atoms with Crippen molar-refractivity contribution in [3.63, 3.8) is 0 Å². The Morgan fingerprint density at radius 2 is 1.40 bits per heavy atom. The van der Waals surface area contributed by atoms with E-state index in [-0.39, 0.29) is 11.5 Å². The average molecular weight is 592 g/mol. The highest BCUT2D eigenvalue weighted by atomic mass is 28.3. The maximum atomic E-state index is 6.65. The first kappa shape index (κ1) is 32.5. The second kappa shape index (κ2) is 17.0. The molecule has 1 aliphatic carbocycles. The molecule has 0 unspecified atom stereocenters. The number of nitrogens with zero attached hydrogens (tertiary/aromatic N) is 2. The highest BCUT2D eigenvalue weighted by Gasteiger charge is 2.25. The molecule has 3 aromatic rings. The Labute approximate surface area is 253 Å². The number of methoxy groups -OCH3 is 1. The van der Waals surface area contributed by atoms with Gasteiger partial charge in [-0.2, -0.15) is 0 Å². The van der Waals surface area contributed by atoms with E-state index in [1.165, 1.54) is 15.9 Å². The van der Waals surface area contributed by atoms with E-state index >= 15 is 0 Å². The number of ether oxygens (including phenoxy) is 4. The summed E-state index contributed by atoms with van der Waals surface area (Å²) in [5.41, 5.74) is 2.39. The molecule has 1 aliphatic rings. The fourth-order valence-electron chi connectivity index (χ4n) is 5.11. The van der Waals surface area contributed by atoms with Gasteiger partial charge < -0.3 is 23.4 Å². The van der Waals surface area contributed by atoms with Crippen LogP contribution in [0.1, 0.15) is 69.5 Å². The van der Waals surface area contributed by atoms with Crippen molar-refractivity contribution < 1.29 is 23.4 Å². The molecule has 0 N–H and O–H groups in total. The lowest BCUT2D eigenvalue weighted by Gasteiger charge is -2.28. The zero-order valence-electron chi connectivity index (χ0n) is 25.7. The van der Waals surface area contributed by atoms with Crippen molar-refractivity contribution in [2.24, 2.45) is 0 Å². The molecule has 0 spiro atoms. The summed E-state index contributed by atoms with van der Waals surface area (Å²) < 4.78 is 28.7. The molecular formula is C34H47N2O5Si. The summed E-state index contributed by atoms with van der Waals surface area (Å²) in [6, 6.07) is 21.5. The Balaban J connectivity index is 1.26. The molecule has 1 fully saturated rings. The van der Waals surface area contributed by atoms with E-state index in [0.29, 0.717) is 52.2 Å². The average Bonchev–Trinajstić information content (AvgIpc) is 3.01. The largest absolute Gasteiger partial charge is 0.401 e. The third-order valence-electron chi connectivity index (χ3n) is 7.57. The van der Waals surface area contributed by atoms with Crippen molar-refractivity contribution in [1.82, 2.24) is 9.97 Å². The number of aromatic nitrogens is 2. The van der Waals surface area contributed by atoms with Gasteiger partial charge in [0.15, 0.2) is 0 Å². The van der Waals surface area contributed by atoms with E-state index in [1.54, 1.807) is 7.11 Å². The van der Waals surface area contributed by atoms with Gasteiger partial charge in [0.25, 0.3) is 9.04 Å². The van der Waals surface area contributed by atoms with Crippen molar-refractivity contribution >= 4 is 19.4 Å². The second-order valence-electron chi connectivity index (χ2n) is 11.8. The number of hydrogen-bond donors (Lipinski definition) is 0. The summed E-state index contributed by atoms with van der Waals surface area (Å²) in [5, 5.41) is 2.48. The van der Waals surface area contributed by atoms with Crippen LogP contribution < -0.4 is 10.4 Å². The minimum Gasteiger partial charge on any atom is -0.401 e. The van der Waals surface area contributed by atoms with Crippen LogP contribution in [0.15, 0.2) is 66.9 Å². The zero-order valence-corrected chi connectivity index (χ0v) is 26.7. The van der Waals surface area contributed by atoms with Crippen LogP contribution in [0.5, 0.6) is 0 Å². The summed E-state index contributed by atoms with van der Waals surface area (Å²) in [6.45, 7) is 10.8. The molecule has 2 aromatic carbocycles. The Hall–Kier alpha value is -2.46. The minimum absolute atomic E-state index is 0.121. The minimum atomic E-state index is -1.42. The molecule has 0 saturated heterocycles. The van der Waals surface area contributed by atoms with Crippen LogP contribution in [0.4, 0.5) is 0 Å². The standard InChI is InChI=1S/C34H47N2O5Si/c1-34(2,3)28-12-16-32(17-13-28)42(31-8-6-5-7-9-31)41-26-29-18-19-35-33(36-29)27-10-14-30(15-11-27)40-25-24-39-23-22-38-21-20-37-4/h5-9,12-13,16-19,27,30H,10-11,14-15,20-26H2,1-4H3. The first-order chi connectivity index (χ1) is 20.4. The third kappa shape index (κ3) is 10.4. The highest BCUT2D eigenvalue weighted by Crippen LogP contribution is 2.32. The van der Waals surface area contributed by atoms with Crippen LogP contribution in [0.2, 0.25) is 0 Å². The molecule has 42 heavy (non-hydrogen) atoms. The lowest BCUT2D eigenvalue weighted by Crippen LogP contribution is -2.45. The quantitative estimate of drug-likeness (QED) is 0.175. The van der Waals surface area contributed by atoms with Crippen molar-refractivity contribution in [3.05, 3.63) is 83.9 Å². The number of benzene rings is 2. The summed E-state index contributed by atoms with van der Waals surface area (Å²) in [5.74, 6) is 1.28. The topological polar surface area (TPSA) is 71.9 Å². The van der Waals surface area contributed by atoms with Crippen molar-refractivity contribution in [2.45, 2.75) is 70.5 Å². The van der Waals surface area contributed by atoms with E-state index in [0.717, 1.165) is 37.2 Å². The molecule has 7 nitrogen and oxygen atoms in total. The van der Waals surface area contributed by atoms with E-state index in [2.05, 4.69) is 80.4 Å². The van der Waals surface area contributed by atoms with Gasteiger partial charge in [0.2, 0.25) is 0 Å². The number of hydrogen-bond acceptors (Lipinski definition) is 7. The van der Waals surface area contributed by atoms with Crippen LogP contribution in [0.25, 0.3) is 0 Å². The predicted molar refractivity (Wildman–Crippen MR) is 168 cm³/mol. The van der Waals surface area contributed by atoms with Crippen molar-refractivity contribution in [1.29, 1.82) is 0 Å². The predicted octanol–water partition coefficient (Wildman–Crippen LogP) is 4.82. The van der Waals surface area contributed by atoms with E-state index in [4.69, 9.17) is 28.4 Å². The van der Waals surface area contributed by atoms with E-state index in [1.807, 2.05) is 12.3 Å². The molecule has 1 aromatic heterocycles. The molecule has 1 heterocycles. The summed E-state index contributed by atoms with van der Waals surface area (Å²) >= 11 is 0. The maximum Gasteiger partial charge on any atom is 0.283 e. The first-order valence-corrected chi connectivity index (χ1v) is 16.6. The fourth-order valence-corrected chi connectivity index (χ4v) is 7.03. The zero-order chi connectivity index (χ0) is 29.6. The van der Waals surface area contributed by atoms with Gasteiger partial charge in [0.05, 0.1) is 58.0 Å². The Morgan fingerprint density at radius 3 is 2.07 bits per heavy atom. The molecule has 8 heteroatoms. The molecule has 0 aliphatic heterocycles. The first-order valence-electron chi connectivity index (χ1n) is 15.2. The van der Waals surface area contributed by atoms with Gasteiger partial charge in [-0.25, -0.2) is 9.97 Å². The Kier molecular flexibility index (Phi) is 13.1. The summed E-state index contributed by atoms with van der Waals surface area (Å²) in [7, 11) is 0.246. The second-order valence-corrected chi connectivity index (χ2v) is 13.9. The Bertz CT molecular complexity index is 1160. The van der Waals surface area contributed by atoms with Crippen LogP contribution in [0, 0.1) is 0 Å². The summed E-state index contributed by atoms with van der Waals surface area (Å²) in [6.07, 6.45) is 6.24. The van der Waals surface area contributed by atoms with Gasteiger partial charge in [0.1, 0.15) is 5.82 Å². The maximum absolute atomic E-state index is 6.65. The fraction of sp³-hybridized carbons (Fsp3) is 0.529. The van der Waals surface area contributed by atoms with Crippen LogP contribution in [-0.2, 0) is 35.4 Å². The van der Waals surface area contributed by atoms with Gasteiger partial charge in [-0.15, -0.1) is 0 Å². The van der Waals surface area contributed by atoms with Crippen LogP contribution in [-0.4, -0.2) is 71.9 Å². The molecule has 1 saturated carbocycles. The van der Waals surface area contributed by atoms with Crippen molar-refractivity contribution in [2.75, 3.05) is 46.8 Å². The number of rotatable bonds is 16. The van der Waals surface area contributed by atoms with Gasteiger partial charge in [-0.3, -0.25) is 0 Å².